The minimum atomic E-state index is -0.188. The average Bonchev–Trinajstić information content (AvgIpc) is 3.39. The Labute approximate surface area is 173 Å². The van der Waals surface area contributed by atoms with Crippen LogP contribution >= 0.6 is 11.3 Å². The first-order chi connectivity index (χ1) is 14.0. The van der Waals surface area contributed by atoms with Crippen LogP contribution in [0.1, 0.15) is 57.1 Å². The van der Waals surface area contributed by atoms with Crippen LogP contribution in [0.2, 0.25) is 0 Å². The standard InChI is InChI=1S/C21H23N5O2S/c1-14(2)26-18-7-9-25(21(28)15-5-3-8-22-11-15)13-17(18)24-19(26)20(27)23-12-16-6-4-10-29-16/h3-6,8,10-11,14H,7,9,12-13H2,1-2H3,(H,23,27). The van der Waals surface area contributed by atoms with Crippen LogP contribution in [0.4, 0.5) is 0 Å². The summed E-state index contributed by atoms with van der Waals surface area (Å²) < 4.78 is 2.00. The lowest BCUT2D eigenvalue weighted by molar-refractivity contribution is 0.0730. The first-order valence-corrected chi connectivity index (χ1v) is 10.5. The number of nitrogens with zero attached hydrogens (tertiary/aromatic N) is 4. The highest BCUT2D eigenvalue weighted by molar-refractivity contribution is 7.09. The van der Waals surface area contributed by atoms with E-state index in [1.54, 1.807) is 40.8 Å². The zero-order valence-electron chi connectivity index (χ0n) is 16.5. The normalized spacial score (nSPS) is 13.4. The Hall–Kier alpha value is -3.00. The highest BCUT2D eigenvalue weighted by atomic mass is 32.1. The highest BCUT2D eigenvalue weighted by Gasteiger charge is 2.30. The summed E-state index contributed by atoms with van der Waals surface area (Å²) >= 11 is 1.61. The van der Waals surface area contributed by atoms with Crippen molar-refractivity contribution in [3.63, 3.8) is 0 Å². The van der Waals surface area contributed by atoms with Gasteiger partial charge in [0.05, 0.1) is 24.3 Å². The van der Waals surface area contributed by atoms with Crippen molar-refractivity contribution in [3.8, 4) is 0 Å². The van der Waals surface area contributed by atoms with E-state index in [9.17, 15) is 9.59 Å². The van der Waals surface area contributed by atoms with Gasteiger partial charge in [-0.1, -0.05) is 6.07 Å². The van der Waals surface area contributed by atoms with Gasteiger partial charge in [0.15, 0.2) is 5.82 Å². The number of imidazole rings is 1. The molecule has 150 valence electrons. The third kappa shape index (κ3) is 3.93. The van der Waals surface area contributed by atoms with Crippen molar-refractivity contribution >= 4 is 23.2 Å². The molecule has 3 aromatic heterocycles. The van der Waals surface area contributed by atoms with E-state index in [4.69, 9.17) is 0 Å². The van der Waals surface area contributed by atoms with Crippen LogP contribution < -0.4 is 5.32 Å². The average molecular weight is 410 g/mol. The molecule has 1 aliphatic rings. The molecule has 0 fully saturated rings. The molecule has 1 aliphatic heterocycles. The van der Waals surface area contributed by atoms with Crippen molar-refractivity contribution < 1.29 is 9.59 Å². The van der Waals surface area contributed by atoms with Gasteiger partial charge < -0.3 is 14.8 Å². The lowest BCUT2D eigenvalue weighted by Crippen LogP contribution is -2.36. The quantitative estimate of drug-likeness (QED) is 0.702. The third-order valence-corrected chi connectivity index (χ3v) is 5.85. The van der Waals surface area contributed by atoms with Crippen molar-refractivity contribution in [1.29, 1.82) is 0 Å². The monoisotopic (exact) mass is 409 g/mol. The van der Waals surface area contributed by atoms with Crippen molar-refractivity contribution in [1.82, 2.24) is 24.8 Å². The topological polar surface area (TPSA) is 80.1 Å². The molecule has 4 rings (SSSR count). The molecule has 0 aliphatic carbocycles. The van der Waals surface area contributed by atoms with Crippen LogP contribution in [-0.4, -0.2) is 37.8 Å². The lowest BCUT2D eigenvalue weighted by Gasteiger charge is -2.27. The van der Waals surface area contributed by atoms with Gasteiger partial charge >= 0.3 is 0 Å². The zero-order valence-corrected chi connectivity index (χ0v) is 17.3. The molecule has 29 heavy (non-hydrogen) atoms. The second-order valence-electron chi connectivity index (χ2n) is 7.27. The molecule has 0 atom stereocenters. The number of nitrogens with one attached hydrogen (secondary N) is 1. The smallest absolute Gasteiger partial charge is 0.287 e. The predicted molar refractivity (Wildman–Crippen MR) is 111 cm³/mol. The minimum absolute atomic E-state index is 0.0634. The molecule has 7 nitrogen and oxygen atoms in total. The molecule has 0 spiro atoms. The number of hydrogen-bond acceptors (Lipinski definition) is 5. The minimum Gasteiger partial charge on any atom is -0.344 e. The maximum absolute atomic E-state index is 12.8. The van der Waals surface area contributed by atoms with Gasteiger partial charge in [-0.3, -0.25) is 14.6 Å². The largest absolute Gasteiger partial charge is 0.344 e. The Morgan fingerprint density at radius 1 is 1.28 bits per heavy atom. The molecular weight excluding hydrogens is 386 g/mol. The first-order valence-electron chi connectivity index (χ1n) is 9.64. The fraction of sp³-hybridized carbons (Fsp3) is 0.333. The Morgan fingerprint density at radius 3 is 2.83 bits per heavy atom. The van der Waals surface area contributed by atoms with Gasteiger partial charge in [-0.25, -0.2) is 4.98 Å². The molecule has 0 unspecified atom stereocenters. The van der Waals surface area contributed by atoms with Gasteiger partial charge in [-0.05, 0) is 37.4 Å². The number of hydrogen-bond donors (Lipinski definition) is 1. The van der Waals surface area contributed by atoms with Crippen LogP contribution in [0.25, 0.3) is 0 Å². The van der Waals surface area contributed by atoms with Gasteiger partial charge in [0.25, 0.3) is 11.8 Å². The molecule has 0 saturated carbocycles. The Balaban J connectivity index is 1.56. The maximum Gasteiger partial charge on any atom is 0.287 e. The second kappa shape index (κ2) is 8.16. The molecule has 8 heteroatoms. The van der Waals surface area contributed by atoms with E-state index in [1.165, 1.54) is 0 Å². The van der Waals surface area contributed by atoms with Crippen molar-refractivity contribution in [2.24, 2.45) is 0 Å². The highest BCUT2D eigenvalue weighted by Crippen LogP contribution is 2.25. The molecule has 0 bridgehead atoms. The Kier molecular flexibility index (Phi) is 5.44. The van der Waals surface area contributed by atoms with Crippen molar-refractivity contribution in [2.75, 3.05) is 6.54 Å². The number of pyridine rings is 1. The zero-order chi connectivity index (χ0) is 20.4. The van der Waals surface area contributed by atoms with E-state index in [-0.39, 0.29) is 17.9 Å². The Bertz CT molecular complexity index is 1010. The van der Waals surface area contributed by atoms with Gasteiger partial charge in [-0.2, -0.15) is 0 Å². The summed E-state index contributed by atoms with van der Waals surface area (Å²) in [7, 11) is 0. The molecule has 2 amide bonds. The van der Waals surface area contributed by atoms with Crippen LogP contribution in [0.5, 0.6) is 0 Å². The van der Waals surface area contributed by atoms with Crippen LogP contribution in [0, 0.1) is 0 Å². The fourth-order valence-electron chi connectivity index (χ4n) is 3.63. The van der Waals surface area contributed by atoms with E-state index in [0.29, 0.717) is 37.4 Å². The number of carbonyl (C=O) groups excluding carboxylic acids is 2. The van der Waals surface area contributed by atoms with E-state index in [2.05, 4.69) is 15.3 Å². The molecule has 0 radical (unpaired) electrons. The van der Waals surface area contributed by atoms with E-state index in [0.717, 1.165) is 16.3 Å². The fourth-order valence-corrected chi connectivity index (χ4v) is 4.27. The van der Waals surface area contributed by atoms with Gasteiger partial charge in [0.2, 0.25) is 0 Å². The number of fused-ring (bicyclic) bond motifs is 1. The van der Waals surface area contributed by atoms with Crippen LogP contribution in [0.3, 0.4) is 0 Å². The number of rotatable bonds is 5. The third-order valence-electron chi connectivity index (χ3n) is 4.97. The number of carbonyl (C=O) groups is 2. The molecule has 1 N–H and O–H groups in total. The molecular formula is C21H23N5O2S. The maximum atomic E-state index is 12.8. The SMILES string of the molecule is CC(C)n1c(C(=O)NCc2cccs2)nc2c1CCN(C(=O)c1cccnc1)C2. The van der Waals surface area contributed by atoms with Gasteiger partial charge in [0, 0.05) is 42.0 Å². The molecule has 4 heterocycles. The molecule has 3 aromatic rings. The van der Waals surface area contributed by atoms with Crippen LogP contribution in [0.15, 0.2) is 42.0 Å². The summed E-state index contributed by atoms with van der Waals surface area (Å²) in [5.41, 5.74) is 2.40. The predicted octanol–water partition coefficient (Wildman–Crippen LogP) is 3.05. The first kappa shape index (κ1) is 19.3. The van der Waals surface area contributed by atoms with Crippen molar-refractivity contribution in [2.45, 2.75) is 39.4 Å². The summed E-state index contributed by atoms with van der Waals surface area (Å²) in [5.74, 6) is 0.162. The molecule has 0 aromatic carbocycles. The molecule has 0 saturated heterocycles. The summed E-state index contributed by atoms with van der Waals surface area (Å²) in [6, 6.07) is 7.59. The summed E-state index contributed by atoms with van der Waals surface area (Å²) in [4.78, 5) is 37.2. The number of amides is 2. The van der Waals surface area contributed by atoms with Crippen molar-refractivity contribution in [3.05, 3.63) is 69.7 Å². The van der Waals surface area contributed by atoms with E-state index >= 15 is 0 Å². The van der Waals surface area contributed by atoms with E-state index < -0.39 is 0 Å². The number of aromatic nitrogens is 3. The summed E-state index contributed by atoms with van der Waals surface area (Å²) in [6.45, 7) is 5.57. The van der Waals surface area contributed by atoms with E-state index in [1.807, 2.05) is 35.9 Å². The summed E-state index contributed by atoms with van der Waals surface area (Å²) in [5, 5.41) is 4.95. The second-order valence-corrected chi connectivity index (χ2v) is 8.31. The Morgan fingerprint density at radius 2 is 2.14 bits per heavy atom. The lowest BCUT2D eigenvalue weighted by atomic mass is 10.1. The van der Waals surface area contributed by atoms with Gasteiger partial charge in [0.1, 0.15) is 0 Å². The number of thiophene rings is 1. The summed E-state index contributed by atoms with van der Waals surface area (Å²) in [6.07, 6.45) is 3.90. The van der Waals surface area contributed by atoms with Gasteiger partial charge in [-0.15, -0.1) is 11.3 Å². The van der Waals surface area contributed by atoms with Crippen LogP contribution in [-0.2, 0) is 19.5 Å².